The number of benzene rings is 1. The van der Waals surface area contributed by atoms with E-state index in [1.54, 1.807) is 0 Å². The zero-order valence-electron chi connectivity index (χ0n) is 14.7. The maximum absolute atomic E-state index is 13.0. The summed E-state index contributed by atoms with van der Waals surface area (Å²) < 4.78 is 11.2. The number of ether oxygens (including phenoxy) is 2. The minimum Gasteiger partial charge on any atom is -0.381 e. The summed E-state index contributed by atoms with van der Waals surface area (Å²) in [5.74, 6) is 0.416. The maximum Gasteiger partial charge on any atom is 0.225 e. The molecule has 0 unspecified atom stereocenters. The van der Waals surface area contributed by atoms with Gasteiger partial charge in [-0.2, -0.15) is 0 Å². The highest BCUT2D eigenvalue weighted by Crippen LogP contribution is 2.20. The fraction of sp³-hybridized carbons (Fsp3) is 0.650. The second-order valence-electron chi connectivity index (χ2n) is 7.04. The molecule has 0 spiro atoms. The smallest absolute Gasteiger partial charge is 0.225 e. The van der Waals surface area contributed by atoms with Crippen molar-refractivity contribution in [3.05, 3.63) is 35.4 Å². The van der Waals surface area contributed by atoms with Gasteiger partial charge in [-0.1, -0.05) is 29.8 Å². The number of rotatable bonds is 6. The van der Waals surface area contributed by atoms with Crippen LogP contribution in [0.5, 0.6) is 0 Å². The Kier molecular flexibility index (Phi) is 6.27. The van der Waals surface area contributed by atoms with Crippen LogP contribution in [0.1, 0.15) is 36.8 Å². The number of aryl methyl sites for hydroxylation is 1. The van der Waals surface area contributed by atoms with E-state index in [0.29, 0.717) is 19.1 Å². The zero-order chi connectivity index (χ0) is 16.8. The molecule has 0 bridgehead atoms. The van der Waals surface area contributed by atoms with Crippen LogP contribution < -0.4 is 0 Å². The van der Waals surface area contributed by atoms with E-state index in [4.69, 9.17) is 9.47 Å². The number of amides is 1. The lowest BCUT2D eigenvalue weighted by Gasteiger charge is -2.31. The van der Waals surface area contributed by atoms with E-state index in [9.17, 15) is 4.79 Å². The quantitative estimate of drug-likeness (QED) is 0.804. The molecule has 4 heteroatoms. The molecule has 24 heavy (non-hydrogen) atoms. The number of hydrogen-bond acceptors (Lipinski definition) is 3. The van der Waals surface area contributed by atoms with Crippen molar-refractivity contribution < 1.29 is 14.3 Å². The van der Waals surface area contributed by atoms with Gasteiger partial charge in [0, 0.05) is 38.8 Å². The van der Waals surface area contributed by atoms with Crippen molar-refractivity contribution in [3.8, 4) is 0 Å². The Balaban J connectivity index is 1.61. The molecule has 1 atom stereocenters. The van der Waals surface area contributed by atoms with Crippen molar-refractivity contribution in [1.82, 2.24) is 4.90 Å². The lowest BCUT2D eigenvalue weighted by atomic mass is 9.98. The standard InChI is InChI=1S/C20H29NO3/c1-16-4-6-17(7-5-16)8-11-21(15-19-3-2-12-24-19)20(22)18-9-13-23-14-10-18/h4-7,18-19H,2-3,8-15H2,1H3/t19-/m1/s1. The minimum atomic E-state index is 0.123. The monoisotopic (exact) mass is 331 g/mol. The third-order valence-electron chi connectivity index (χ3n) is 5.12. The molecule has 0 aliphatic carbocycles. The van der Waals surface area contributed by atoms with Gasteiger partial charge in [-0.3, -0.25) is 4.79 Å². The Hall–Kier alpha value is -1.39. The molecule has 2 aliphatic heterocycles. The van der Waals surface area contributed by atoms with Gasteiger partial charge in [0.25, 0.3) is 0 Å². The Morgan fingerprint density at radius 1 is 1.12 bits per heavy atom. The van der Waals surface area contributed by atoms with Crippen molar-refractivity contribution in [3.63, 3.8) is 0 Å². The first kappa shape index (κ1) is 17.4. The van der Waals surface area contributed by atoms with Crippen LogP contribution in [-0.2, 0) is 20.7 Å². The third kappa shape index (κ3) is 4.81. The summed E-state index contributed by atoms with van der Waals surface area (Å²) in [5, 5.41) is 0. The first-order chi connectivity index (χ1) is 11.7. The molecule has 132 valence electrons. The van der Waals surface area contributed by atoms with E-state index in [2.05, 4.69) is 31.2 Å². The van der Waals surface area contributed by atoms with Crippen LogP contribution in [0.4, 0.5) is 0 Å². The van der Waals surface area contributed by atoms with Gasteiger partial charge in [0.2, 0.25) is 5.91 Å². The van der Waals surface area contributed by atoms with Crippen molar-refractivity contribution in [2.24, 2.45) is 5.92 Å². The molecule has 1 amide bonds. The average molecular weight is 331 g/mol. The summed E-state index contributed by atoms with van der Waals surface area (Å²) in [4.78, 5) is 15.0. The lowest BCUT2D eigenvalue weighted by Crippen LogP contribution is -2.43. The summed E-state index contributed by atoms with van der Waals surface area (Å²) in [6.45, 7) is 5.87. The highest BCUT2D eigenvalue weighted by atomic mass is 16.5. The highest BCUT2D eigenvalue weighted by Gasteiger charge is 2.29. The molecule has 0 aromatic heterocycles. The van der Waals surface area contributed by atoms with Crippen LogP contribution in [0, 0.1) is 12.8 Å². The summed E-state index contributed by atoms with van der Waals surface area (Å²) in [5.41, 5.74) is 2.56. The second-order valence-corrected chi connectivity index (χ2v) is 7.04. The average Bonchev–Trinajstić information content (AvgIpc) is 3.13. The van der Waals surface area contributed by atoms with Gasteiger partial charge >= 0.3 is 0 Å². The number of carbonyl (C=O) groups excluding carboxylic acids is 1. The van der Waals surface area contributed by atoms with E-state index in [-0.39, 0.29) is 12.0 Å². The number of nitrogens with zero attached hydrogens (tertiary/aromatic N) is 1. The molecule has 2 heterocycles. The van der Waals surface area contributed by atoms with Crippen LogP contribution in [0.3, 0.4) is 0 Å². The lowest BCUT2D eigenvalue weighted by molar-refractivity contribution is -0.140. The van der Waals surface area contributed by atoms with Crippen molar-refractivity contribution >= 4 is 5.91 Å². The van der Waals surface area contributed by atoms with Crippen molar-refractivity contribution in [2.45, 2.75) is 45.1 Å². The maximum atomic E-state index is 13.0. The molecule has 4 nitrogen and oxygen atoms in total. The zero-order valence-corrected chi connectivity index (χ0v) is 14.7. The molecule has 0 saturated carbocycles. The predicted octanol–water partition coefficient (Wildman–Crippen LogP) is 2.97. The van der Waals surface area contributed by atoms with Gasteiger partial charge in [-0.25, -0.2) is 0 Å². The molecule has 2 fully saturated rings. The van der Waals surface area contributed by atoms with Gasteiger partial charge < -0.3 is 14.4 Å². The van der Waals surface area contributed by atoms with E-state index in [0.717, 1.165) is 51.8 Å². The third-order valence-corrected chi connectivity index (χ3v) is 5.12. The van der Waals surface area contributed by atoms with E-state index >= 15 is 0 Å². The fourth-order valence-electron chi connectivity index (χ4n) is 3.55. The van der Waals surface area contributed by atoms with E-state index in [1.165, 1.54) is 11.1 Å². The molecule has 0 N–H and O–H groups in total. The normalized spacial score (nSPS) is 21.8. The Bertz CT molecular complexity index is 516. The molecular formula is C20H29NO3. The minimum absolute atomic E-state index is 0.123. The molecule has 1 aromatic carbocycles. The van der Waals surface area contributed by atoms with Gasteiger partial charge in [0.1, 0.15) is 0 Å². The Morgan fingerprint density at radius 3 is 2.54 bits per heavy atom. The summed E-state index contributed by atoms with van der Waals surface area (Å²) >= 11 is 0. The van der Waals surface area contributed by atoms with Crippen molar-refractivity contribution in [2.75, 3.05) is 32.9 Å². The number of carbonyl (C=O) groups is 1. The van der Waals surface area contributed by atoms with Gasteiger partial charge in [-0.15, -0.1) is 0 Å². The largest absolute Gasteiger partial charge is 0.381 e. The Morgan fingerprint density at radius 2 is 1.88 bits per heavy atom. The first-order valence-electron chi connectivity index (χ1n) is 9.26. The molecule has 1 aromatic rings. The summed E-state index contributed by atoms with van der Waals surface area (Å²) in [6.07, 6.45) is 5.01. The van der Waals surface area contributed by atoms with Crippen LogP contribution in [0.15, 0.2) is 24.3 Å². The van der Waals surface area contributed by atoms with Crippen LogP contribution in [-0.4, -0.2) is 49.8 Å². The van der Waals surface area contributed by atoms with Crippen LogP contribution in [0.2, 0.25) is 0 Å². The highest BCUT2D eigenvalue weighted by molar-refractivity contribution is 5.79. The van der Waals surface area contributed by atoms with Gasteiger partial charge in [0.05, 0.1) is 6.10 Å². The molecule has 3 rings (SSSR count). The molecule has 0 radical (unpaired) electrons. The Labute approximate surface area is 145 Å². The molecule has 2 saturated heterocycles. The van der Waals surface area contributed by atoms with E-state index in [1.807, 2.05) is 4.90 Å². The summed E-state index contributed by atoms with van der Waals surface area (Å²) in [7, 11) is 0. The summed E-state index contributed by atoms with van der Waals surface area (Å²) in [6, 6.07) is 8.61. The van der Waals surface area contributed by atoms with Crippen LogP contribution >= 0.6 is 0 Å². The topological polar surface area (TPSA) is 38.8 Å². The van der Waals surface area contributed by atoms with Crippen LogP contribution in [0.25, 0.3) is 0 Å². The molecule has 2 aliphatic rings. The van der Waals surface area contributed by atoms with E-state index < -0.39 is 0 Å². The first-order valence-corrected chi connectivity index (χ1v) is 9.26. The van der Waals surface area contributed by atoms with Gasteiger partial charge in [-0.05, 0) is 44.6 Å². The predicted molar refractivity (Wildman–Crippen MR) is 94.0 cm³/mol. The number of hydrogen-bond donors (Lipinski definition) is 0. The second kappa shape index (κ2) is 8.63. The van der Waals surface area contributed by atoms with Gasteiger partial charge in [0.15, 0.2) is 0 Å². The molecular weight excluding hydrogens is 302 g/mol. The fourth-order valence-corrected chi connectivity index (χ4v) is 3.55. The SMILES string of the molecule is Cc1ccc(CCN(C[C@H]2CCCO2)C(=O)C2CCOCC2)cc1. The van der Waals surface area contributed by atoms with Crippen molar-refractivity contribution in [1.29, 1.82) is 0 Å².